The minimum absolute atomic E-state index is 0.0813. The first kappa shape index (κ1) is 18.7. The average Bonchev–Trinajstić information content (AvgIpc) is 3.05. The van der Waals surface area contributed by atoms with Gasteiger partial charge in [-0.2, -0.15) is 13.2 Å². The van der Waals surface area contributed by atoms with E-state index in [9.17, 15) is 17.6 Å². The van der Waals surface area contributed by atoms with Crippen molar-refractivity contribution in [3.8, 4) is 11.6 Å². The van der Waals surface area contributed by atoms with Crippen LogP contribution >= 0.6 is 11.6 Å². The van der Waals surface area contributed by atoms with E-state index in [-0.39, 0.29) is 16.5 Å². The number of nitrogens with zero attached hydrogens (tertiary/aromatic N) is 3. The Labute approximate surface area is 152 Å². The second-order valence-corrected chi connectivity index (χ2v) is 6.21. The highest BCUT2D eigenvalue weighted by Crippen LogP contribution is 2.40. The molecule has 1 fully saturated rings. The highest BCUT2D eigenvalue weighted by Gasteiger charge is 2.35. The topological polar surface area (TPSA) is 28.6 Å². The van der Waals surface area contributed by atoms with Crippen LogP contribution in [0.3, 0.4) is 0 Å². The third-order valence-electron chi connectivity index (χ3n) is 4.13. The molecule has 1 aliphatic heterocycles. The second-order valence-electron chi connectivity index (χ2n) is 5.81. The lowest BCUT2D eigenvalue weighted by Gasteiger charge is -2.21. The zero-order chi connectivity index (χ0) is 18.9. The van der Waals surface area contributed by atoms with Gasteiger partial charge in [-0.1, -0.05) is 18.5 Å². The lowest BCUT2D eigenvalue weighted by molar-refractivity contribution is -0.138. The van der Waals surface area contributed by atoms with E-state index in [4.69, 9.17) is 16.3 Å². The van der Waals surface area contributed by atoms with Gasteiger partial charge in [0.25, 0.3) is 0 Å². The van der Waals surface area contributed by atoms with Crippen molar-refractivity contribution in [2.24, 2.45) is 0 Å². The molecule has 1 aromatic heterocycles. The fraction of sp³-hybridized carbons (Fsp3) is 0.353. The highest BCUT2D eigenvalue weighted by atomic mass is 35.5. The number of hydrogen-bond acceptors (Lipinski definition) is 4. The fourth-order valence-electron chi connectivity index (χ4n) is 2.73. The molecule has 0 atom stereocenters. The molecule has 1 aromatic carbocycles. The summed E-state index contributed by atoms with van der Waals surface area (Å²) in [5, 5.41) is -0.128. The molecule has 0 saturated carbocycles. The number of pyridine rings is 1. The van der Waals surface area contributed by atoms with Gasteiger partial charge in [0.15, 0.2) is 0 Å². The van der Waals surface area contributed by atoms with Gasteiger partial charge in [0.05, 0.1) is 17.4 Å². The number of rotatable bonds is 4. The zero-order valence-electron chi connectivity index (χ0n) is 13.9. The van der Waals surface area contributed by atoms with E-state index in [1.54, 1.807) is 4.90 Å². The summed E-state index contributed by atoms with van der Waals surface area (Å²) in [7, 11) is 0. The van der Waals surface area contributed by atoms with Crippen LogP contribution < -0.4 is 9.64 Å². The average molecular weight is 390 g/mol. The van der Waals surface area contributed by atoms with E-state index in [2.05, 4.69) is 9.88 Å². The predicted octanol–water partition coefficient (Wildman–Crippen LogP) is 4.78. The first-order valence-corrected chi connectivity index (χ1v) is 8.33. The molecule has 2 aromatic rings. The molecule has 140 valence electrons. The normalized spacial score (nSPS) is 15.5. The summed E-state index contributed by atoms with van der Waals surface area (Å²) < 4.78 is 58.9. The number of alkyl halides is 3. The summed E-state index contributed by atoms with van der Waals surface area (Å²) in [5.74, 6) is -1.27. The van der Waals surface area contributed by atoms with Gasteiger partial charge in [0.2, 0.25) is 5.88 Å². The number of benzene rings is 1. The van der Waals surface area contributed by atoms with E-state index < -0.39 is 23.4 Å². The predicted molar refractivity (Wildman–Crippen MR) is 90.2 cm³/mol. The van der Waals surface area contributed by atoms with Crippen LogP contribution in [0, 0.1) is 5.82 Å². The second kappa shape index (κ2) is 7.28. The Balaban J connectivity index is 1.94. The van der Waals surface area contributed by atoms with Crippen molar-refractivity contribution in [1.82, 2.24) is 9.88 Å². The van der Waals surface area contributed by atoms with Crippen LogP contribution in [-0.4, -0.2) is 36.2 Å². The third kappa shape index (κ3) is 3.86. The Bertz CT molecular complexity index is 800. The standard InChI is InChI=1S/C17H16ClF4N3O/c1-2-24-6-7-25(10-24)14-9-15(12(18)8-13(14)19)26-16-11(17(20,21)22)4-3-5-23-16/h3-5,8-9H,2,6-7,10H2,1H3. The maximum atomic E-state index is 14.3. The van der Waals surface area contributed by atoms with Crippen molar-refractivity contribution >= 4 is 17.3 Å². The smallest absolute Gasteiger partial charge is 0.421 e. The fourth-order valence-corrected chi connectivity index (χ4v) is 2.92. The third-order valence-corrected chi connectivity index (χ3v) is 4.42. The molecule has 0 bridgehead atoms. The Morgan fingerprint density at radius 1 is 1.27 bits per heavy atom. The molecule has 1 saturated heterocycles. The molecule has 0 amide bonds. The maximum Gasteiger partial charge on any atom is 0.421 e. The molecule has 4 nitrogen and oxygen atoms in total. The minimum Gasteiger partial charge on any atom is -0.437 e. The SMILES string of the molecule is CCN1CCN(c2cc(Oc3ncccc3C(F)(F)F)c(Cl)cc2F)C1. The Morgan fingerprint density at radius 3 is 2.69 bits per heavy atom. The molecule has 0 unspecified atom stereocenters. The Morgan fingerprint density at radius 2 is 2.04 bits per heavy atom. The number of anilines is 1. The van der Waals surface area contributed by atoms with Crippen molar-refractivity contribution in [3.05, 3.63) is 46.9 Å². The summed E-state index contributed by atoms with van der Waals surface area (Å²) >= 11 is 5.98. The molecule has 0 radical (unpaired) electrons. The van der Waals surface area contributed by atoms with Crippen LogP contribution in [0.4, 0.5) is 23.2 Å². The number of ether oxygens (including phenoxy) is 1. The van der Waals surface area contributed by atoms with Gasteiger partial charge >= 0.3 is 6.18 Å². The van der Waals surface area contributed by atoms with E-state index in [1.165, 1.54) is 12.3 Å². The van der Waals surface area contributed by atoms with E-state index >= 15 is 0 Å². The summed E-state index contributed by atoms with van der Waals surface area (Å²) in [6.07, 6.45) is -3.45. The van der Waals surface area contributed by atoms with Gasteiger partial charge in [-0.15, -0.1) is 0 Å². The van der Waals surface area contributed by atoms with Gasteiger partial charge in [-0.25, -0.2) is 9.37 Å². The van der Waals surface area contributed by atoms with Crippen molar-refractivity contribution in [1.29, 1.82) is 0 Å². The van der Waals surface area contributed by atoms with Gasteiger partial charge in [-0.05, 0) is 24.7 Å². The Hall–Kier alpha value is -2.06. The molecule has 9 heteroatoms. The van der Waals surface area contributed by atoms with Crippen LogP contribution in [-0.2, 0) is 6.18 Å². The van der Waals surface area contributed by atoms with Crippen molar-refractivity contribution in [2.45, 2.75) is 13.1 Å². The number of halogens is 5. The van der Waals surface area contributed by atoms with E-state index in [0.29, 0.717) is 13.2 Å². The van der Waals surface area contributed by atoms with Gasteiger partial charge in [-0.3, -0.25) is 4.90 Å². The molecule has 0 spiro atoms. The molecule has 26 heavy (non-hydrogen) atoms. The molecule has 2 heterocycles. The zero-order valence-corrected chi connectivity index (χ0v) is 14.6. The van der Waals surface area contributed by atoms with Crippen molar-refractivity contribution < 1.29 is 22.3 Å². The number of aromatic nitrogens is 1. The lowest BCUT2D eigenvalue weighted by Crippen LogP contribution is -2.25. The summed E-state index contributed by atoms with van der Waals surface area (Å²) in [5.41, 5.74) is -0.801. The lowest BCUT2D eigenvalue weighted by atomic mass is 10.2. The molecular weight excluding hydrogens is 374 g/mol. The Kier molecular flexibility index (Phi) is 5.24. The summed E-state index contributed by atoms with van der Waals surface area (Å²) in [6.45, 7) is 4.70. The summed E-state index contributed by atoms with van der Waals surface area (Å²) in [6, 6.07) is 4.37. The van der Waals surface area contributed by atoms with E-state index in [1.807, 2.05) is 6.92 Å². The maximum absolute atomic E-state index is 14.3. The number of hydrogen-bond donors (Lipinski definition) is 0. The van der Waals surface area contributed by atoms with E-state index in [0.717, 1.165) is 31.3 Å². The van der Waals surface area contributed by atoms with Crippen LogP contribution in [0.2, 0.25) is 5.02 Å². The van der Waals surface area contributed by atoms with Gasteiger partial charge in [0.1, 0.15) is 17.1 Å². The molecule has 0 N–H and O–H groups in total. The monoisotopic (exact) mass is 389 g/mol. The first-order valence-electron chi connectivity index (χ1n) is 7.96. The quantitative estimate of drug-likeness (QED) is 0.703. The molecule has 0 aliphatic carbocycles. The summed E-state index contributed by atoms with van der Waals surface area (Å²) in [4.78, 5) is 7.53. The van der Waals surface area contributed by atoms with Gasteiger partial charge < -0.3 is 9.64 Å². The van der Waals surface area contributed by atoms with Crippen LogP contribution in [0.15, 0.2) is 30.5 Å². The first-order chi connectivity index (χ1) is 12.3. The van der Waals surface area contributed by atoms with Crippen LogP contribution in [0.5, 0.6) is 11.6 Å². The molecular formula is C17H16ClF4N3O. The molecule has 3 rings (SSSR count). The molecule has 1 aliphatic rings. The largest absolute Gasteiger partial charge is 0.437 e. The van der Waals surface area contributed by atoms with Crippen molar-refractivity contribution in [2.75, 3.05) is 31.2 Å². The van der Waals surface area contributed by atoms with Crippen molar-refractivity contribution in [3.63, 3.8) is 0 Å². The van der Waals surface area contributed by atoms with Crippen LogP contribution in [0.25, 0.3) is 0 Å². The number of likely N-dealkylation sites (N-methyl/N-ethyl adjacent to an activating group) is 1. The van der Waals surface area contributed by atoms with Gasteiger partial charge in [0, 0.05) is 25.4 Å². The highest BCUT2D eigenvalue weighted by molar-refractivity contribution is 6.32. The van der Waals surface area contributed by atoms with Crippen LogP contribution in [0.1, 0.15) is 12.5 Å². The minimum atomic E-state index is -4.63.